The van der Waals surface area contributed by atoms with Gasteiger partial charge in [0.1, 0.15) is 19.0 Å². The molecule has 0 aliphatic heterocycles. The van der Waals surface area contributed by atoms with E-state index in [4.69, 9.17) is 25.8 Å². The number of carbonyl (C=O) groups is 1. The number of pyridine rings is 1. The van der Waals surface area contributed by atoms with Crippen LogP contribution in [-0.4, -0.2) is 30.6 Å². The highest BCUT2D eigenvalue weighted by atomic mass is 35.5. The lowest BCUT2D eigenvalue weighted by Gasteiger charge is -2.13. The maximum atomic E-state index is 12.5. The number of rotatable bonds is 10. The molecule has 1 heterocycles. The fraction of sp³-hybridized carbons (Fsp3) is 0.217. The molecule has 0 unspecified atom stereocenters. The first-order valence-electron chi connectivity index (χ1n) is 9.61. The van der Waals surface area contributed by atoms with Crippen LogP contribution in [0.4, 0.5) is 0 Å². The minimum absolute atomic E-state index is 0.213. The molecule has 7 heteroatoms. The maximum Gasteiger partial charge on any atom is 0.251 e. The Bertz CT molecular complexity index is 949. The van der Waals surface area contributed by atoms with Gasteiger partial charge in [-0.25, -0.2) is 0 Å². The van der Waals surface area contributed by atoms with E-state index in [9.17, 15) is 4.79 Å². The molecule has 0 bridgehead atoms. The van der Waals surface area contributed by atoms with Gasteiger partial charge in [-0.05, 0) is 55.5 Å². The second kappa shape index (κ2) is 11.1. The molecule has 0 radical (unpaired) electrons. The summed E-state index contributed by atoms with van der Waals surface area (Å²) in [6.45, 7) is 3.42. The highest BCUT2D eigenvalue weighted by Crippen LogP contribution is 2.29. The topological polar surface area (TPSA) is 69.7 Å². The van der Waals surface area contributed by atoms with E-state index in [0.717, 1.165) is 5.56 Å². The van der Waals surface area contributed by atoms with E-state index in [1.165, 1.54) is 0 Å². The predicted molar refractivity (Wildman–Crippen MR) is 115 cm³/mol. The molecule has 0 fully saturated rings. The van der Waals surface area contributed by atoms with Crippen molar-refractivity contribution in [3.05, 3.63) is 83.1 Å². The van der Waals surface area contributed by atoms with Gasteiger partial charge in [-0.3, -0.25) is 9.78 Å². The van der Waals surface area contributed by atoms with Crippen molar-refractivity contribution in [3.63, 3.8) is 0 Å². The smallest absolute Gasteiger partial charge is 0.251 e. The third-order valence-electron chi connectivity index (χ3n) is 4.09. The zero-order valence-electron chi connectivity index (χ0n) is 16.6. The molecular formula is C23H23ClN2O4. The fourth-order valence-corrected chi connectivity index (χ4v) is 2.77. The molecule has 2 aromatic carbocycles. The summed E-state index contributed by atoms with van der Waals surface area (Å²) in [4.78, 5) is 16.5. The van der Waals surface area contributed by atoms with Gasteiger partial charge in [-0.15, -0.1) is 0 Å². The van der Waals surface area contributed by atoms with Crippen molar-refractivity contribution in [3.8, 4) is 17.2 Å². The minimum Gasteiger partial charge on any atom is -0.492 e. The number of ether oxygens (including phenoxy) is 3. The highest BCUT2D eigenvalue weighted by molar-refractivity contribution is 6.30. The summed E-state index contributed by atoms with van der Waals surface area (Å²) in [5.74, 6) is 1.58. The summed E-state index contributed by atoms with van der Waals surface area (Å²) in [6, 6.07) is 16.0. The van der Waals surface area contributed by atoms with Crippen LogP contribution in [0.1, 0.15) is 22.8 Å². The average Bonchev–Trinajstić information content (AvgIpc) is 2.78. The van der Waals surface area contributed by atoms with Gasteiger partial charge < -0.3 is 19.5 Å². The number of halogens is 1. The second-order valence-corrected chi connectivity index (χ2v) is 6.74. The van der Waals surface area contributed by atoms with Crippen LogP contribution in [0.25, 0.3) is 0 Å². The van der Waals surface area contributed by atoms with E-state index in [-0.39, 0.29) is 5.91 Å². The van der Waals surface area contributed by atoms with Gasteiger partial charge in [-0.2, -0.15) is 0 Å². The number of carbonyl (C=O) groups excluding carboxylic acids is 1. The van der Waals surface area contributed by atoms with Gasteiger partial charge in [-0.1, -0.05) is 17.7 Å². The molecular weight excluding hydrogens is 404 g/mol. The van der Waals surface area contributed by atoms with Gasteiger partial charge in [0.25, 0.3) is 5.91 Å². The molecule has 0 spiro atoms. The molecule has 0 saturated heterocycles. The molecule has 0 aliphatic rings. The van der Waals surface area contributed by atoms with E-state index in [0.29, 0.717) is 54.2 Å². The Morgan fingerprint density at radius 2 is 1.87 bits per heavy atom. The second-order valence-electron chi connectivity index (χ2n) is 6.30. The number of hydrogen-bond donors (Lipinski definition) is 1. The average molecular weight is 427 g/mol. The Labute approximate surface area is 180 Å². The lowest BCUT2D eigenvalue weighted by atomic mass is 10.2. The molecule has 0 atom stereocenters. The zero-order valence-corrected chi connectivity index (χ0v) is 17.4. The first-order chi connectivity index (χ1) is 14.7. The molecule has 1 N–H and O–H groups in total. The Kier molecular flexibility index (Phi) is 7.92. The van der Waals surface area contributed by atoms with Crippen molar-refractivity contribution in [1.29, 1.82) is 0 Å². The molecule has 0 aliphatic carbocycles. The van der Waals surface area contributed by atoms with E-state index >= 15 is 0 Å². The van der Waals surface area contributed by atoms with Gasteiger partial charge in [0, 0.05) is 28.5 Å². The third kappa shape index (κ3) is 6.39. The summed E-state index contributed by atoms with van der Waals surface area (Å²) >= 11 is 5.85. The van der Waals surface area contributed by atoms with Crippen LogP contribution in [0, 0.1) is 0 Å². The standard InChI is InChI=1S/C23H23ClN2O4/c1-2-28-22-14-18(5-10-21(22)30-16-17-4-3-11-25-15-17)23(27)26-12-13-29-20-8-6-19(24)7-9-20/h3-11,14-15H,2,12-13,16H2,1H3,(H,26,27). The van der Waals surface area contributed by atoms with Crippen molar-refractivity contribution in [2.45, 2.75) is 13.5 Å². The van der Waals surface area contributed by atoms with E-state index < -0.39 is 0 Å². The van der Waals surface area contributed by atoms with E-state index in [2.05, 4.69) is 10.3 Å². The van der Waals surface area contributed by atoms with Crippen LogP contribution in [0.2, 0.25) is 5.02 Å². The number of nitrogens with one attached hydrogen (secondary N) is 1. The quantitative estimate of drug-likeness (QED) is 0.482. The number of hydrogen-bond acceptors (Lipinski definition) is 5. The normalized spacial score (nSPS) is 10.3. The molecule has 6 nitrogen and oxygen atoms in total. The van der Waals surface area contributed by atoms with Crippen molar-refractivity contribution >= 4 is 17.5 Å². The highest BCUT2D eigenvalue weighted by Gasteiger charge is 2.12. The van der Waals surface area contributed by atoms with Gasteiger partial charge >= 0.3 is 0 Å². The molecule has 1 amide bonds. The number of nitrogens with zero attached hydrogens (tertiary/aromatic N) is 1. The van der Waals surface area contributed by atoms with Gasteiger partial charge in [0.05, 0.1) is 13.2 Å². The summed E-state index contributed by atoms with van der Waals surface area (Å²) < 4.78 is 17.1. The third-order valence-corrected chi connectivity index (χ3v) is 4.34. The summed E-state index contributed by atoms with van der Waals surface area (Å²) in [5, 5.41) is 3.48. The first-order valence-corrected chi connectivity index (χ1v) is 9.98. The maximum absolute atomic E-state index is 12.5. The molecule has 3 aromatic rings. The first kappa shape index (κ1) is 21.5. The van der Waals surface area contributed by atoms with Crippen molar-refractivity contribution in [2.75, 3.05) is 19.8 Å². The zero-order chi connectivity index (χ0) is 21.2. The molecule has 1 aromatic heterocycles. The summed E-state index contributed by atoms with van der Waals surface area (Å²) in [6.07, 6.45) is 3.46. The van der Waals surface area contributed by atoms with Crippen LogP contribution in [0.15, 0.2) is 67.0 Å². The SMILES string of the molecule is CCOc1cc(C(=O)NCCOc2ccc(Cl)cc2)ccc1OCc1cccnc1. The van der Waals surface area contributed by atoms with Crippen LogP contribution < -0.4 is 19.5 Å². The number of aromatic nitrogens is 1. The minimum atomic E-state index is -0.213. The van der Waals surface area contributed by atoms with Crippen LogP contribution in [0.3, 0.4) is 0 Å². The van der Waals surface area contributed by atoms with Crippen LogP contribution in [0.5, 0.6) is 17.2 Å². The predicted octanol–water partition coefficient (Wildman–Crippen LogP) is 4.52. The summed E-state index contributed by atoms with van der Waals surface area (Å²) in [7, 11) is 0. The Hall–Kier alpha value is -3.25. The number of amides is 1. The molecule has 30 heavy (non-hydrogen) atoms. The van der Waals surface area contributed by atoms with Crippen molar-refractivity contribution in [2.24, 2.45) is 0 Å². The molecule has 0 saturated carbocycles. The molecule has 156 valence electrons. The van der Waals surface area contributed by atoms with Crippen molar-refractivity contribution < 1.29 is 19.0 Å². The monoisotopic (exact) mass is 426 g/mol. The summed E-state index contributed by atoms with van der Waals surface area (Å²) in [5.41, 5.74) is 1.43. The molecule has 3 rings (SSSR count). The van der Waals surface area contributed by atoms with Gasteiger partial charge in [0.2, 0.25) is 0 Å². The van der Waals surface area contributed by atoms with Crippen LogP contribution >= 0.6 is 11.6 Å². The Balaban J connectivity index is 1.54. The van der Waals surface area contributed by atoms with Crippen LogP contribution in [-0.2, 0) is 6.61 Å². The Morgan fingerprint density at radius 3 is 2.60 bits per heavy atom. The van der Waals surface area contributed by atoms with Crippen molar-refractivity contribution in [1.82, 2.24) is 10.3 Å². The number of benzene rings is 2. The fourth-order valence-electron chi connectivity index (χ4n) is 2.65. The lowest BCUT2D eigenvalue weighted by Crippen LogP contribution is -2.28. The van der Waals surface area contributed by atoms with E-state index in [1.807, 2.05) is 19.1 Å². The lowest BCUT2D eigenvalue weighted by molar-refractivity contribution is 0.0946. The van der Waals surface area contributed by atoms with E-state index in [1.54, 1.807) is 54.9 Å². The largest absolute Gasteiger partial charge is 0.492 e. The van der Waals surface area contributed by atoms with Gasteiger partial charge in [0.15, 0.2) is 11.5 Å². The Morgan fingerprint density at radius 1 is 1.03 bits per heavy atom.